The molecule has 1 aliphatic heterocycles. The van der Waals surface area contributed by atoms with E-state index in [9.17, 15) is 9.59 Å². The Bertz CT molecular complexity index is 814. The fraction of sp³-hybridized carbons (Fsp3) is 0.455. The van der Waals surface area contributed by atoms with Gasteiger partial charge in [0.15, 0.2) is 5.76 Å². The highest BCUT2D eigenvalue weighted by Gasteiger charge is 2.20. The molecular formula is C22H31N5O3. The van der Waals surface area contributed by atoms with E-state index >= 15 is 0 Å². The average molecular weight is 414 g/mol. The lowest BCUT2D eigenvalue weighted by Crippen LogP contribution is -2.48. The van der Waals surface area contributed by atoms with Gasteiger partial charge in [0.25, 0.3) is 5.91 Å². The van der Waals surface area contributed by atoms with Gasteiger partial charge in [0.05, 0.1) is 6.26 Å². The number of furan rings is 1. The molecule has 8 heteroatoms. The molecule has 0 unspecified atom stereocenters. The molecule has 0 bridgehead atoms. The lowest BCUT2D eigenvalue weighted by molar-refractivity contribution is 0.0996. The minimum Gasteiger partial charge on any atom is -0.459 e. The molecule has 3 N–H and O–H groups in total. The number of rotatable bonds is 8. The molecular weight excluding hydrogens is 382 g/mol. The number of piperidine rings is 1. The summed E-state index contributed by atoms with van der Waals surface area (Å²) in [5.74, 6) is -0.0505. The molecule has 1 aromatic carbocycles. The number of likely N-dealkylation sites (N-methyl/N-ethyl adjacent to an activating group) is 1. The van der Waals surface area contributed by atoms with E-state index in [1.54, 1.807) is 18.2 Å². The van der Waals surface area contributed by atoms with Gasteiger partial charge in [0.1, 0.15) is 0 Å². The van der Waals surface area contributed by atoms with Gasteiger partial charge in [0.2, 0.25) is 0 Å². The van der Waals surface area contributed by atoms with Crippen LogP contribution in [0.2, 0.25) is 0 Å². The van der Waals surface area contributed by atoms with Gasteiger partial charge < -0.3 is 30.2 Å². The Morgan fingerprint density at radius 2 is 1.97 bits per heavy atom. The number of hydrogen-bond donors (Lipinski definition) is 3. The predicted molar refractivity (Wildman–Crippen MR) is 116 cm³/mol. The summed E-state index contributed by atoms with van der Waals surface area (Å²) in [6.45, 7) is 4.53. The maximum absolute atomic E-state index is 12.3. The largest absolute Gasteiger partial charge is 0.459 e. The van der Waals surface area contributed by atoms with Crippen molar-refractivity contribution >= 4 is 17.6 Å². The van der Waals surface area contributed by atoms with Crippen molar-refractivity contribution in [3.05, 3.63) is 54.0 Å². The fourth-order valence-electron chi connectivity index (χ4n) is 3.42. The first-order chi connectivity index (χ1) is 14.5. The Labute approximate surface area is 177 Å². The molecule has 1 aromatic heterocycles. The highest BCUT2D eigenvalue weighted by atomic mass is 16.3. The van der Waals surface area contributed by atoms with E-state index in [1.165, 1.54) is 6.26 Å². The SMILES string of the molecule is CN(C)CCN1CCC(NC(=O)NCc2cccc(NC(=O)c3ccco3)c2)CC1. The lowest BCUT2D eigenvalue weighted by atomic mass is 10.1. The Morgan fingerprint density at radius 1 is 1.17 bits per heavy atom. The van der Waals surface area contributed by atoms with Gasteiger partial charge in [-0.2, -0.15) is 0 Å². The van der Waals surface area contributed by atoms with Crippen molar-refractivity contribution in [1.82, 2.24) is 20.4 Å². The summed E-state index contributed by atoms with van der Waals surface area (Å²) in [4.78, 5) is 29.0. The van der Waals surface area contributed by atoms with Crippen LogP contribution in [0.15, 0.2) is 47.1 Å². The number of nitrogens with zero attached hydrogens (tertiary/aromatic N) is 2. The van der Waals surface area contributed by atoms with Crippen LogP contribution < -0.4 is 16.0 Å². The van der Waals surface area contributed by atoms with Crippen molar-refractivity contribution in [2.75, 3.05) is 45.6 Å². The zero-order valence-electron chi connectivity index (χ0n) is 17.7. The van der Waals surface area contributed by atoms with Gasteiger partial charge in [-0.1, -0.05) is 12.1 Å². The molecule has 30 heavy (non-hydrogen) atoms. The quantitative estimate of drug-likeness (QED) is 0.618. The fourth-order valence-corrected chi connectivity index (χ4v) is 3.42. The van der Waals surface area contributed by atoms with Gasteiger partial charge >= 0.3 is 6.03 Å². The van der Waals surface area contributed by atoms with E-state index in [0.717, 1.165) is 44.6 Å². The van der Waals surface area contributed by atoms with Crippen molar-refractivity contribution in [3.8, 4) is 0 Å². The van der Waals surface area contributed by atoms with Crippen LogP contribution in [0.1, 0.15) is 29.0 Å². The van der Waals surface area contributed by atoms with Gasteiger partial charge in [-0.05, 0) is 56.8 Å². The number of amides is 3. The zero-order chi connectivity index (χ0) is 21.3. The summed E-state index contributed by atoms with van der Waals surface area (Å²) in [6.07, 6.45) is 3.39. The third-order valence-electron chi connectivity index (χ3n) is 5.17. The number of carbonyl (C=O) groups is 2. The normalized spacial score (nSPS) is 15.2. The molecule has 3 rings (SSSR count). The molecule has 0 atom stereocenters. The molecule has 2 aromatic rings. The zero-order valence-corrected chi connectivity index (χ0v) is 17.7. The predicted octanol–water partition coefficient (Wildman–Crippen LogP) is 2.36. The number of hydrogen-bond acceptors (Lipinski definition) is 5. The van der Waals surface area contributed by atoms with Gasteiger partial charge in [0, 0.05) is 44.5 Å². The molecule has 8 nitrogen and oxygen atoms in total. The van der Waals surface area contributed by atoms with Crippen molar-refractivity contribution in [1.29, 1.82) is 0 Å². The number of urea groups is 1. The Balaban J connectivity index is 1.39. The minimum atomic E-state index is -0.306. The van der Waals surface area contributed by atoms with Gasteiger partial charge in [-0.3, -0.25) is 4.79 Å². The van der Waals surface area contributed by atoms with Gasteiger partial charge in [-0.15, -0.1) is 0 Å². The number of nitrogens with one attached hydrogen (secondary N) is 3. The Morgan fingerprint density at radius 3 is 2.67 bits per heavy atom. The number of benzene rings is 1. The third kappa shape index (κ3) is 6.89. The molecule has 0 spiro atoms. The second-order valence-corrected chi connectivity index (χ2v) is 7.88. The first kappa shape index (κ1) is 21.9. The molecule has 0 saturated carbocycles. The number of carbonyl (C=O) groups excluding carboxylic acids is 2. The first-order valence-corrected chi connectivity index (χ1v) is 10.3. The van der Waals surface area contributed by atoms with Gasteiger partial charge in [-0.25, -0.2) is 4.79 Å². The number of likely N-dealkylation sites (tertiary alicyclic amines) is 1. The molecule has 0 aliphatic carbocycles. The van der Waals surface area contributed by atoms with Crippen LogP contribution in [-0.4, -0.2) is 68.1 Å². The molecule has 1 saturated heterocycles. The monoisotopic (exact) mass is 413 g/mol. The van der Waals surface area contributed by atoms with E-state index in [-0.39, 0.29) is 23.7 Å². The molecule has 0 radical (unpaired) electrons. The smallest absolute Gasteiger partial charge is 0.315 e. The van der Waals surface area contributed by atoms with E-state index in [0.29, 0.717) is 12.2 Å². The van der Waals surface area contributed by atoms with Crippen LogP contribution in [0.4, 0.5) is 10.5 Å². The second kappa shape index (κ2) is 10.8. The van der Waals surface area contributed by atoms with Crippen LogP contribution in [0.5, 0.6) is 0 Å². The Hall–Kier alpha value is -2.84. The maximum atomic E-state index is 12.3. The average Bonchev–Trinajstić information content (AvgIpc) is 3.27. The van der Waals surface area contributed by atoms with Crippen molar-refractivity contribution in [3.63, 3.8) is 0 Å². The second-order valence-electron chi connectivity index (χ2n) is 7.88. The Kier molecular flexibility index (Phi) is 7.87. The van der Waals surface area contributed by atoms with E-state index in [2.05, 4.69) is 39.8 Å². The maximum Gasteiger partial charge on any atom is 0.315 e. The summed E-state index contributed by atoms with van der Waals surface area (Å²) >= 11 is 0. The summed E-state index contributed by atoms with van der Waals surface area (Å²) in [7, 11) is 4.17. The summed E-state index contributed by atoms with van der Waals surface area (Å²) in [5, 5.41) is 8.77. The van der Waals surface area contributed by atoms with Crippen molar-refractivity contribution in [2.24, 2.45) is 0 Å². The van der Waals surface area contributed by atoms with Crippen LogP contribution in [0.3, 0.4) is 0 Å². The summed E-state index contributed by atoms with van der Waals surface area (Å²) in [5.41, 5.74) is 1.56. The molecule has 3 amide bonds. The van der Waals surface area contributed by atoms with Crippen LogP contribution in [-0.2, 0) is 6.54 Å². The summed E-state index contributed by atoms with van der Waals surface area (Å²) in [6, 6.07) is 10.7. The highest BCUT2D eigenvalue weighted by Crippen LogP contribution is 2.13. The van der Waals surface area contributed by atoms with Crippen molar-refractivity contribution < 1.29 is 14.0 Å². The van der Waals surface area contributed by atoms with E-state index in [4.69, 9.17) is 4.42 Å². The molecule has 162 valence electrons. The lowest BCUT2D eigenvalue weighted by Gasteiger charge is -2.32. The van der Waals surface area contributed by atoms with Crippen LogP contribution in [0.25, 0.3) is 0 Å². The number of anilines is 1. The first-order valence-electron chi connectivity index (χ1n) is 10.3. The standard InChI is InChI=1S/C22H31N5O3/c1-26(2)12-13-27-10-8-18(9-11-27)25-22(29)23-16-17-5-3-6-19(15-17)24-21(28)20-7-4-14-30-20/h3-7,14-15,18H,8-13,16H2,1-2H3,(H,24,28)(H2,23,25,29). The highest BCUT2D eigenvalue weighted by molar-refractivity contribution is 6.02. The van der Waals surface area contributed by atoms with Crippen molar-refractivity contribution in [2.45, 2.75) is 25.4 Å². The summed E-state index contributed by atoms with van der Waals surface area (Å²) < 4.78 is 5.10. The minimum absolute atomic E-state index is 0.160. The van der Waals surface area contributed by atoms with Crippen LogP contribution in [0, 0.1) is 0 Å². The van der Waals surface area contributed by atoms with E-state index in [1.807, 2.05) is 18.2 Å². The van der Waals surface area contributed by atoms with E-state index < -0.39 is 0 Å². The third-order valence-corrected chi connectivity index (χ3v) is 5.17. The van der Waals surface area contributed by atoms with Crippen LogP contribution >= 0.6 is 0 Å². The molecule has 1 aliphatic rings. The molecule has 2 heterocycles. The topological polar surface area (TPSA) is 89.9 Å². The molecule has 1 fully saturated rings.